The molecule has 3 rings (SSSR count). The maximum absolute atomic E-state index is 13.1. The van der Waals surface area contributed by atoms with Crippen molar-refractivity contribution in [2.45, 2.75) is 86.8 Å². The van der Waals surface area contributed by atoms with Crippen LogP contribution < -0.4 is 5.32 Å². The van der Waals surface area contributed by atoms with Gasteiger partial charge in [-0.25, -0.2) is 9.78 Å². The molecule has 6 nitrogen and oxygen atoms in total. The van der Waals surface area contributed by atoms with Crippen molar-refractivity contribution in [1.82, 2.24) is 9.88 Å². The van der Waals surface area contributed by atoms with Crippen LogP contribution in [0.3, 0.4) is 0 Å². The molecule has 150 valence electrons. The Kier molecular flexibility index (Phi) is 7.03. The number of carboxylic acid groups (broad SMARTS) is 1. The molecule has 1 heterocycles. The summed E-state index contributed by atoms with van der Waals surface area (Å²) in [4.78, 5) is 30.5. The van der Waals surface area contributed by atoms with Crippen molar-refractivity contribution in [3.8, 4) is 0 Å². The zero-order chi connectivity index (χ0) is 19.4. The van der Waals surface area contributed by atoms with Crippen molar-refractivity contribution in [3.05, 3.63) is 6.20 Å². The van der Waals surface area contributed by atoms with Crippen LogP contribution in [0, 0.1) is 5.92 Å². The molecule has 2 saturated carbocycles. The van der Waals surface area contributed by atoms with Crippen LogP contribution >= 0.6 is 23.1 Å². The Morgan fingerprint density at radius 2 is 1.85 bits per heavy atom. The van der Waals surface area contributed by atoms with E-state index in [1.807, 2.05) is 0 Å². The van der Waals surface area contributed by atoms with Crippen molar-refractivity contribution < 1.29 is 14.7 Å². The summed E-state index contributed by atoms with van der Waals surface area (Å²) < 4.78 is 0.805. The lowest BCUT2D eigenvalue weighted by Gasteiger charge is -2.39. The second kappa shape index (κ2) is 9.28. The first kappa shape index (κ1) is 20.5. The van der Waals surface area contributed by atoms with Crippen LogP contribution in [0.2, 0.25) is 0 Å². The number of thiazole rings is 1. The van der Waals surface area contributed by atoms with Crippen LogP contribution in [0.5, 0.6) is 0 Å². The number of anilines is 1. The summed E-state index contributed by atoms with van der Waals surface area (Å²) in [5.74, 6) is -0.0950. The minimum Gasteiger partial charge on any atom is -0.480 e. The molecule has 1 aromatic heterocycles. The minimum atomic E-state index is -0.849. The summed E-state index contributed by atoms with van der Waals surface area (Å²) in [5.41, 5.74) is 0. The average molecular weight is 412 g/mol. The van der Waals surface area contributed by atoms with E-state index in [0.717, 1.165) is 35.8 Å². The number of hydrogen-bond donors (Lipinski definition) is 2. The molecule has 0 spiro atoms. The van der Waals surface area contributed by atoms with Gasteiger partial charge >= 0.3 is 12.0 Å². The summed E-state index contributed by atoms with van der Waals surface area (Å²) in [6.07, 6.45) is 10.8. The molecule has 0 radical (unpaired) electrons. The maximum Gasteiger partial charge on any atom is 0.324 e. The summed E-state index contributed by atoms with van der Waals surface area (Å²) >= 11 is 2.60. The lowest BCUT2D eigenvalue weighted by Crippen LogP contribution is -2.49. The van der Waals surface area contributed by atoms with Gasteiger partial charge in [0.15, 0.2) is 5.13 Å². The molecule has 27 heavy (non-hydrogen) atoms. The van der Waals surface area contributed by atoms with Crippen molar-refractivity contribution in [2.75, 3.05) is 5.32 Å². The van der Waals surface area contributed by atoms with Crippen molar-refractivity contribution >= 4 is 40.2 Å². The number of carbonyl (C=O) groups excluding carboxylic acids is 1. The van der Waals surface area contributed by atoms with E-state index in [4.69, 9.17) is 5.11 Å². The Morgan fingerprint density at radius 1 is 1.22 bits per heavy atom. The molecular weight excluding hydrogens is 382 g/mol. The molecule has 0 aromatic carbocycles. The molecule has 2 aliphatic rings. The Bertz CT molecular complexity index is 652. The number of nitrogens with one attached hydrogen (secondary N) is 1. The predicted octanol–water partition coefficient (Wildman–Crippen LogP) is 5.06. The molecular formula is C19H29N3O3S2. The van der Waals surface area contributed by atoms with Crippen molar-refractivity contribution in [1.29, 1.82) is 0 Å². The Hall–Kier alpha value is -1.28. The third-order valence-corrected chi connectivity index (χ3v) is 7.81. The largest absolute Gasteiger partial charge is 0.480 e. The van der Waals surface area contributed by atoms with Gasteiger partial charge in [-0.3, -0.25) is 10.1 Å². The van der Waals surface area contributed by atoms with Crippen LogP contribution in [0.25, 0.3) is 0 Å². The Morgan fingerprint density at radius 3 is 2.48 bits per heavy atom. The van der Waals surface area contributed by atoms with Crippen LogP contribution in [-0.4, -0.2) is 44.3 Å². The second-order valence-electron chi connectivity index (χ2n) is 7.77. The van der Waals surface area contributed by atoms with Crippen LogP contribution in [-0.2, 0) is 4.79 Å². The normalized spacial score (nSPS) is 24.5. The first-order chi connectivity index (χ1) is 12.9. The minimum absolute atomic E-state index is 0.0429. The molecule has 1 atom stereocenters. The molecule has 8 heteroatoms. The highest BCUT2D eigenvalue weighted by Crippen LogP contribution is 2.35. The number of rotatable bonds is 6. The molecule has 0 saturated heterocycles. The predicted molar refractivity (Wildman–Crippen MR) is 110 cm³/mol. The fraction of sp³-hybridized carbons (Fsp3) is 0.737. The van der Waals surface area contributed by atoms with Crippen molar-refractivity contribution in [3.63, 3.8) is 0 Å². The zero-order valence-electron chi connectivity index (χ0n) is 16.0. The highest BCUT2D eigenvalue weighted by molar-refractivity contribution is 8.02. The fourth-order valence-electron chi connectivity index (χ4n) is 4.09. The van der Waals surface area contributed by atoms with E-state index in [1.54, 1.807) is 13.1 Å². The number of thioether (sulfide) groups is 1. The molecule has 0 bridgehead atoms. The number of carbonyl (C=O) groups is 2. The number of nitrogens with zero attached hydrogens (tertiary/aromatic N) is 2. The summed E-state index contributed by atoms with van der Waals surface area (Å²) in [5, 5.41) is 12.0. The smallest absolute Gasteiger partial charge is 0.324 e. The first-order valence-electron chi connectivity index (χ1n) is 9.88. The number of amides is 2. The van der Waals surface area contributed by atoms with Gasteiger partial charge in [0.2, 0.25) is 0 Å². The van der Waals surface area contributed by atoms with E-state index in [9.17, 15) is 9.59 Å². The van der Waals surface area contributed by atoms with E-state index in [-0.39, 0.29) is 6.03 Å². The fourth-order valence-corrected chi connectivity index (χ4v) is 6.05. The van der Waals surface area contributed by atoms with Gasteiger partial charge in [-0.05, 0) is 51.4 Å². The van der Waals surface area contributed by atoms with Gasteiger partial charge < -0.3 is 10.0 Å². The number of urea groups is 1. The average Bonchev–Trinajstić information content (AvgIpc) is 3.29. The third kappa shape index (κ3) is 5.38. The molecule has 2 aliphatic carbocycles. The molecule has 1 unspecified atom stereocenters. The van der Waals surface area contributed by atoms with Gasteiger partial charge in [-0.1, -0.05) is 42.9 Å². The van der Waals surface area contributed by atoms with E-state index >= 15 is 0 Å². The zero-order valence-corrected chi connectivity index (χ0v) is 17.7. The first-order valence-corrected chi connectivity index (χ1v) is 11.6. The van der Waals surface area contributed by atoms with Gasteiger partial charge in [0, 0.05) is 12.1 Å². The SMILES string of the molecule is CC1CCC(N(C(=O)Nc2ncc(SC(C)C(=O)O)s2)C2CCCC2)CC1. The van der Waals surface area contributed by atoms with Gasteiger partial charge in [0.05, 0.1) is 10.4 Å². The van der Waals surface area contributed by atoms with Crippen LogP contribution in [0.1, 0.15) is 65.2 Å². The molecule has 2 fully saturated rings. The quantitative estimate of drug-likeness (QED) is 0.639. The number of carboxylic acids is 1. The lowest BCUT2D eigenvalue weighted by atomic mass is 9.86. The molecule has 2 N–H and O–H groups in total. The van der Waals surface area contributed by atoms with E-state index in [2.05, 4.69) is 22.1 Å². The van der Waals surface area contributed by atoms with Crippen molar-refractivity contribution in [2.24, 2.45) is 5.92 Å². The topological polar surface area (TPSA) is 82.5 Å². The number of hydrogen-bond acceptors (Lipinski definition) is 5. The van der Waals surface area contributed by atoms with Gasteiger partial charge in [-0.15, -0.1) is 0 Å². The van der Waals surface area contributed by atoms with Crippen LogP contribution in [0.15, 0.2) is 10.4 Å². The van der Waals surface area contributed by atoms with E-state index < -0.39 is 11.2 Å². The van der Waals surface area contributed by atoms with Gasteiger partial charge in [0.1, 0.15) is 5.25 Å². The summed E-state index contributed by atoms with van der Waals surface area (Å²) in [6, 6.07) is 0.619. The monoisotopic (exact) mass is 411 g/mol. The Labute approximate surface area is 169 Å². The molecule has 0 aliphatic heterocycles. The lowest BCUT2D eigenvalue weighted by molar-refractivity contribution is -0.136. The third-order valence-electron chi connectivity index (χ3n) is 5.67. The Balaban J connectivity index is 1.65. The highest BCUT2D eigenvalue weighted by atomic mass is 32.2. The number of aliphatic carboxylic acids is 1. The summed E-state index contributed by atoms with van der Waals surface area (Å²) in [7, 11) is 0. The molecule has 1 aromatic rings. The van der Waals surface area contributed by atoms with E-state index in [1.165, 1.54) is 48.8 Å². The summed E-state index contributed by atoms with van der Waals surface area (Å²) in [6.45, 7) is 3.94. The highest BCUT2D eigenvalue weighted by Gasteiger charge is 2.34. The van der Waals surface area contributed by atoms with Gasteiger partial charge in [-0.2, -0.15) is 0 Å². The second-order valence-corrected chi connectivity index (χ2v) is 10.4. The van der Waals surface area contributed by atoms with Gasteiger partial charge in [0.25, 0.3) is 0 Å². The molecule has 2 amide bonds. The van der Waals surface area contributed by atoms with E-state index in [0.29, 0.717) is 17.2 Å². The number of aromatic nitrogens is 1. The standard InChI is InChI=1S/C19H29N3O3S2/c1-12-7-9-15(10-8-12)22(14-5-3-4-6-14)19(25)21-18-20-11-16(27-18)26-13(2)17(23)24/h11-15H,3-10H2,1-2H3,(H,23,24)(H,20,21,25). The maximum atomic E-state index is 13.1. The van der Waals surface area contributed by atoms with Crippen LogP contribution in [0.4, 0.5) is 9.93 Å².